The molecule has 1 amide bonds. The lowest BCUT2D eigenvalue weighted by atomic mass is 9.83. The Labute approximate surface area is 191 Å². The summed E-state index contributed by atoms with van der Waals surface area (Å²) >= 11 is 0. The number of fused-ring (bicyclic) bond motifs is 1. The Morgan fingerprint density at radius 2 is 1.66 bits per heavy atom. The van der Waals surface area contributed by atoms with Crippen LogP contribution >= 0.6 is 0 Å². The van der Waals surface area contributed by atoms with Gasteiger partial charge in [0.15, 0.2) is 5.69 Å². The molecule has 4 heteroatoms. The molecule has 32 heavy (non-hydrogen) atoms. The number of piperidine rings is 1. The molecular formula is C28H33N3O. The molecule has 0 spiro atoms. The molecule has 1 aliphatic carbocycles. The highest BCUT2D eigenvalue weighted by molar-refractivity contribution is 5.94. The Balaban J connectivity index is 1.37. The molecule has 1 aromatic heterocycles. The van der Waals surface area contributed by atoms with E-state index >= 15 is 0 Å². The van der Waals surface area contributed by atoms with E-state index < -0.39 is 0 Å². The van der Waals surface area contributed by atoms with Crippen LogP contribution in [0.5, 0.6) is 0 Å². The molecule has 0 radical (unpaired) electrons. The lowest BCUT2D eigenvalue weighted by Gasteiger charge is -2.27. The van der Waals surface area contributed by atoms with Crippen LogP contribution in [-0.4, -0.2) is 33.7 Å². The summed E-state index contributed by atoms with van der Waals surface area (Å²) in [4.78, 5) is 15.5. The van der Waals surface area contributed by atoms with Gasteiger partial charge >= 0.3 is 0 Å². The van der Waals surface area contributed by atoms with Crippen LogP contribution in [0, 0.1) is 5.92 Å². The van der Waals surface area contributed by atoms with Gasteiger partial charge in [-0.2, -0.15) is 5.10 Å². The first-order chi connectivity index (χ1) is 15.8. The smallest absolute Gasteiger partial charge is 0.274 e. The van der Waals surface area contributed by atoms with E-state index in [0.29, 0.717) is 11.6 Å². The zero-order chi connectivity index (χ0) is 21.8. The van der Waals surface area contributed by atoms with Crippen molar-refractivity contribution in [2.75, 3.05) is 13.1 Å². The van der Waals surface area contributed by atoms with Crippen molar-refractivity contribution >= 4 is 5.91 Å². The number of hydrogen-bond donors (Lipinski definition) is 0. The van der Waals surface area contributed by atoms with Crippen molar-refractivity contribution in [3.05, 3.63) is 83.2 Å². The van der Waals surface area contributed by atoms with E-state index in [1.807, 2.05) is 27.8 Å². The van der Waals surface area contributed by atoms with Crippen LogP contribution in [0.1, 0.15) is 65.8 Å². The minimum absolute atomic E-state index is 0.139. The number of benzene rings is 2. The van der Waals surface area contributed by atoms with Crippen LogP contribution in [0.25, 0.3) is 5.69 Å². The molecule has 4 nitrogen and oxygen atoms in total. The van der Waals surface area contributed by atoms with Gasteiger partial charge in [0.1, 0.15) is 0 Å². The molecule has 0 saturated carbocycles. The second-order valence-electron chi connectivity index (χ2n) is 9.36. The molecule has 3 aromatic rings. The van der Waals surface area contributed by atoms with E-state index in [2.05, 4.69) is 42.5 Å². The van der Waals surface area contributed by atoms with Crippen molar-refractivity contribution in [2.24, 2.45) is 5.92 Å². The molecule has 5 rings (SSSR count). The van der Waals surface area contributed by atoms with Crippen molar-refractivity contribution in [1.29, 1.82) is 0 Å². The van der Waals surface area contributed by atoms with Gasteiger partial charge in [-0.3, -0.25) is 4.79 Å². The Kier molecular flexibility index (Phi) is 6.38. The van der Waals surface area contributed by atoms with E-state index in [1.165, 1.54) is 42.5 Å². The van der Waals surface area contributed by atoms with E-state index in [9.17, 15) is 4.79 Å². The molecule has 2 aliphatic rings. The zero-order valence-electron chi connectivity index (χ0n) is 18.9. The number of aromatic nitrogens is 2. The Hall–Kier alpha value is -2.88. The van der Waals surface area contributed by atoms with E-state index in [4.69, 9.17) is 5.10 Å². The molecule has 1 saturated heterocycles. The maximum atomic E-state index is 13.5. The van der Waals surface area contributed by atoms with Gasteiger partial charge in [-0.15, -0.1) is 0 Å². The third-order valence-electron chi connectivity index (χ3n) is 7.14. The first kappa shape index (κ1) is 21.0. The molecule has 1 unspecified atom stereocenters. The van der Waals surface area contributed by atoms with Crippen LogP contribution in [-0.2, 0) is 19.3 Å². The lowest BCUT2D eigenvalue weighted by molar-refractivity contribution is 0.0716. The number of para-hydroxylation sites is 1. The summed E-state index contributed by atoms with van der Waals surface area (Å²) in [6.45, 7) is 1.73. The molecule has 1 aliphatic heterocycles. The van der Waals surface area contributed by atoms with Gasteiger partial charge in [0, 0.05) is 24.3 Å². The van der Waals surface area contributed by atoms with Crippen molar-refractivity contribution in [3.8, 4) is 5.69 Å². The first-order valence-corrected chi connectivity index (χ1v) is 12.3. The molecule has 166 valence electrons. The fourth-order valence-corrected chi connectivity index (χ4v) is 5.38. The second kappa shape index (κ2) is 9.72. The average molecular weight is 428 g/mol. The zero-order valence-corrected chi connectivity index (χ0v) is 18.9. The summed E-state index contributed by atoms with van der Waals surface area (Å²) in [5, 5.41) is 4.92. The predicted octanol–water partition coefficient (Wildman–Crippen LogP) is 5.63. The number of hydrogen-bond acceptors (Lipinski definition) is 2. The number of carbonyl (C=O) groups excluding carboxylic acids is 1. The van der Waals surface area contributed by atoms with Crippen molar-refractivity contribution in [3.63, 3.8) is 0 Å². The number of amides is 1. The minimum atomic E-state index is 0.139. The number of carbonyl (C=O) groups is 1. The molecule has 0 bridgehead atoms. The highest BCUT2D eigenvalue weighted by atomic mass is 16.2. The summed E-state index contributed by atoms with van der Waals surface area (Å²) in [7, 11) is 0. The fraction of sp³-hybridized carbons (Fsp3) is 0.429. The molecule has 1 atom stereocenters. The molecule has 1 fully saturated rings. The topological polar surface area (TPSA) is 38.1 Å². The second-order valence-corrected chi connectivity index (χ2v) is 9.36. The Bertz CT molecular complexity index is 1040. The SMILES string of the molecule is O=C(c1nn(-c2ccccc2)c2c1CC(CCCc1ccccc1)CC2)N1CCCCC1. The van der Waals surface area contributed by atoms with Gasteiger partial charge in [-0.25, -0.2) is 4.68 Å². The summed E-state index contributed by atoms with van der Waals surface area (Å²) < 4.78 is 2.05. The van der Waals surface area contributed by atoms with Crippen LogP contribution in [0.3, 0.4) is 0 Å². The van der Waals surface area contributed by atoms with E-state index in [1.54, 1.807) is 0 Å². The number of likely N-dealkylation sites (tertiary alicyclic amines) is 1. The Morgan fingerprint density at radius 1 is 0.938 bits per heavy atom. The first-order valence-electron chi connectivity index (χ1n) is 12.3. The van der Waals surface area contributed by atoms with Gasteiger partial charge in [-0.05, 0) is 81.4 Å². The number of rotatable bonds is 6. The largest absolute Gasteiger partial charge is 0.337 e. The van der Waals surface area contributed by atoms with Gasteiger partial charge in [0.05, 0.1) is 5.69 Å². The standard InChI is InChI=1S/C28H33N3O/c32-28(30-19-8-3-9-20-30)27-25-21-23(14-10-13-22-11-4-1-5-12-22)17-18-26(25)31(29-27)24-15-6-2-7-16-24/h1-2,4-7,11-12,15-16,23H,3,8-10,13-14,17-21H2. The molecule has 2 heterocycles. The monoisotopic (exact) mass is 427 g/mol. The Morgan fingerprint density at radius 3 is 2.41 bits per heavy atom. The number of aryl methyl sites for hydroxylation is 1. The maximum Gasteiger partial charge on any atom is 0.274 e. The highest BCUT2D eigenvalue weighted by Gasteiger charge is 2.31. The van der Waals surface area contributed by atoms with Gasteiger partial charge in [0.25, 0.3) is 5.91 Å². The average Bonchev–Trinajstić information content (AvgIpc) is 3.24. The minimum Gasteiger partial charge on any atom is -0.337 e. The highest BCUT2D eigenvalue weighted by Crippen LogP contribution is 2.33. The van der Waals surface area contributed by atoms with Crippen LogP contribution in [0.2, 0.25) is 0 Å². The number of nitrogens with zero attached hydrogens (tertiary/aromatic N) is 3. The van der Waals surface area contributed by atoms with E-state index in [-0.39, 0.29) is 5.91 Å². The van der Waals surface area contributed by atoms with Crippen LogP contribution < -0.4 is 0 Å². The van der Waals surface area contributed by atoms with Gasteiger partial charge in [0.2, 0.25) is 0 Å². The van der Waals surface area contributed by atoms with Crippen LogP contribution in [0.15, 0.2) is 60.7 Å². The van der Waals surface area contributed by atoms with Crippen molar-refractivity contribution < 1.29 is 4.79 Å². The summed E-state index contributed by atoms with van der Waals surface area (Å²) in [5.74, 6) is 0.771. The van der Waals surface area contributed by atoms with Crippen LogP contribution in [0.4, 0.5) is 0 Å². The third-order valence-corrected chi connectivity index (χ3v) is 7.14. The molecule has 0 N–H and O–H groups in total. The van der Waals surface area contributed by atoms with E-state index in [0.717, 1.165) is 50.9 Å². The third kappa shape index (κ3) is 4.50. The quantitative estimate of drug-likeness (QED) is 0.512. The fourth-order valence-electron chi connectivity index (χ4n) is 5.38. The van der Waals surface area contributed by atoms with Gasteiger partial charge < -0.3 is 4.90 Å². The summed E-state index contributed by atoms with van der Waals surface area (Å²) in [5.41, 5.74) is 5.64. The predicted molar refractivity (Wildman–Crippen MR) is 128 cm³/mol. The van der Waals surface area contributed by atoms with Crippen molar-refractivity contribution in [2.45, 2.75) is 57.8 Å². The molecular weight excluding hydrogens is 394 g/mol. The lowest BCUT2D eigenvalue weighted by Crippen LogP contribution is -2.36. The van der Waals surface area contributed by atoms with Crippen molar-refractivity contribution in [1.82, 2.24) is 14.7 Å². The normalized spacial score (nSPS) is 18.4. The maximum absolute atomic E-state index is 13.5. The van der Waals surface area contributed by atoms with Gasteiger partial charge in [-0.1, -0.05) is 48.5 Å². The molecule has 2 aromatic carbocycles. The summed E-state index contributed by atoms with van der Waals surface area (Å²) in [6, 6.07) is 21.1. The summed E-state index contributed by atoms with van der Waals surface area (Å²) in [6.07, 6.45) is 10.1.